The molecule has 1 N–H and O–H groups in total. The number of nitrogens with zero attached hydrogens (tertiary/aromatic N) is 2. The highest BCUT2D eigenvalue weighted by atomic mass is 19.4. The molecule has 8 heteroatoms. The maximum atomic E-state index is 12.3. The van der Waals surface area contributed by atoms with E-state index in [1.807, 2.05) is 0 Å². The highest BCUT2D eigenvalue weighted by Gasteiger charge is 2.38. The summed E-state index contributed by atoms with van der Waals surface area (Å²) in [6.07, 6.45) is -4.48. The molecule has 5 nitrogen and oxygen atoms in total. The van der Waals surface area contributed by atoms with Crippen LogP contribution in [0.4, 0.5) is 18.9 Å². The highest BCUT2D eigenvalue weighted by Crippen LogP contribution is 2.31. The monoisotopic (exact) mass is 269 g/mol. The van der Waals surface area contributed by atoms with Crippen LogP contribution in [0.2, 0.25) is 0 Å². The molecule has 0 radical (unpaired) electrons. The number of hydrogen-bond donors (Lipinski definition) is 1. The lowest BCUT2D eigenvalue weighted by atomic mass is 10.1. The number of benzene rings is 1. The molecule has 1 amide bonds. The van der Waals surface area contributed by atoms with Gasteiger partial charge in [-0.2, -0.15) is 18.2 Å². The Balaban J connectivity index is 1.97. The average Bonchev–Trinajstić information content (AvgIpc) is 2.90. The molecule has 0 bridgehead atoms. The van der Waals surface area contributed by atoms with Gasteiger partial charge in [-0.15, -0.1) is 0 Å². The predicted octanol–water partition coefficient (Wildman–Crippen LogP) is 2.25. The lowest BCUT2D eigenvalue weighted by Gasteiger charge is -2.00. The fraction of sp³-hybridized carbons (Fsp3) is 0.182. The summed E-state index contributed by atoms with van der Waals surface area (Å²) in [4.78, 5) is 14.5. The van der Waals surface area contributed by atoms with Crippen molar-refractivity contribution in [3.8, 4) is 11.4 Å². The first kappa shape index (κ1) is 11.7. The van der Waals surface area contributed by atoms with Crippen LogP contribution < -0.4 is 5.32 Å². The summed E-state index contributed by atoms with van der Waals surface area (Å²) in [5.74, 6) is -1.71. The molecule has 1 aromatic heterocycles. The molecule has 0 spiro atoms. The minimum atomic E-state index is -4.67. The van der Waals surface area contributed by atoms with Crippen molar-refractivity contribution in [1.82, 2.24) is 10.1 Å². The summed E-state index contributed by atoms with van der Waals surface area (Å²) in [5.41, 5.74) is 1.71. The number of aromatic nitrogens is 2. The van der Waals surface area contributed by atoms with Crippen LogP contribution in [0.15, 0.2) is 22.7 Å². The van der Waals surface area contributed by atoms with E-state index in [0.29, 0.717) is 16.8 Å². The minimum absolute atomic E-state index is 0.156. The van der Waals surface area contributed by atoms with Gasteiger partial charge in [-0.25, -0.2) is 0 Å². The Hall–Kier alpha value is -2.38. The van der Waals surface area contributed by atoms with Gasteiger partial charge >= 0.3 is 12.1 Å². The van der Waals surface area contributed by atoms with Crippen molar-refractivity contribution in [1.29, 1.82) is 0 Å². The summed E-state index contributed by atoms with van der Waals surface area (Å²) in [6.45, 7) is 0. The van der Waals surface area contributed by atoms with Crippen LogP contribution in [0.3, 0.4) is 0 Å². The van der Waals surface area contributed by atoms with Crippen molar-refractivity contribution in [2.24, 2.45) is 0 Å². The Labute approximate surface area is 104 Å². The van der Waals surface area contributed by atoms with E-state index in [-0.39, 0.29) is 18.2 Å². The maximum Gasteiger partial charge on any atom is 0.471 e. The zero-order valence-electron chi connectivity index (χ0n) is 9.28. The molecule has 0 aliphatic carbocycles. The van der Waals surface area contributed by atoms with E-state index in [2.05, 4.69) is 20.0 Å². The summed E-state index contributed by atoms with van der Waals surface area (Å²) >= 11 is 0. The van der Waals surface area contributed by atoms with E-state index >= 15 is 0 Å². The number of amides is 1. The van der Waals surface area contributed by atoms with Crippen molar-refractivity contribution in [3.05, 3.63) is 29.7 Å². The van der Waals surface area contributed by atoms with E-state index < -0.39 is 12.1 Å². The molecule has 0 saturated heterocycles. The third-order valence-corrected chi connectivity index (χ3v) is 2.66. The van der Waals surface area contributed by atoms with Crippen molar-refractivity contribution in [2.45, 2.75) is 12.6 Å². The number of hydrogen-bond acceptors (Lipinski definition) is 4. The molecule has 2 aromatic rings. The lowest BCUT2D eigenvalue weighted by molar-refractivity contribution is -0.159. The zero-order chi connectivity index (χ0) is 13.6. The largest absolute Gasteiger partial charge is 0.471 e. The molecule has 2 heterocycles. The van der Waals surface area contributed by atoms with Gasteiger partial charge in [0.25, 0.3) is 0 Å². The molecule has 98 valence electrons. The van der Waals surface area contributed by atoms with Gasteiger partial charge in [-0.05, 0) is 23.8 Å². The van der Waals surface area contributed by atoms with Gasteiger partial charge in [-0.1, -0.05) is 5.16 Å². The van der Waals surface area contributed by atoms with E-state index in [1.165, 1.54) is 6.07 Å². The number of alkyl halides is 3. The molecule has 3 rings (SSSR count). The second kappa shape index (κ2) is 3.81. The zero-order valence-corrected chi connectivity index (χ0v) is 9.28. The molecule has 1 aromatic carbocycles. The van der Waals surface area contributed by atoms with Gasteiger partial charge in [0, 0.05) is 11.3 Å². The molecular formula is C11H6F3N3O2. The number of nitrogens with one attached hydrogen (secondary N) is 1. The number of carbonyl (C=O) groups is 1. The SMILES string of the molecule is O=C1Cc2cc(-c3noc(C(F)(F)F)n3)ccc2N1. The van der Waals surface area contributed by atoms with E-state index in [1.54, 1.807) is 12.1 Å². The number of carbonyl (C=O) groups excluding carboxylic acids is 1. The highest BCUT2D eigenvalue weighted by molar-refractivity contribution is 5.99. The summed E-state index contributed by atoms with van der Waals surface area (Å²) < 4.78 is 41.2. The fourth-order valence-corrected chi connectivity index (χ4v) is 1.82. The first-order valence-corrected chi connectivity index (χ1v) is 5.27. The molecule has 0 saturated carbocycles. The third-order valence-electron chi connectivity index (χ3n) is 2.66. The number of anilines is 1. The number of rotatable bonds is 1. The fourth-order valence-electron chi connectivity index (χ4n) is 1.82. The van der Waals surface area contributed by atoms with E-state index in [9.17, 15) is 18.0 Å². The number of fused-ring (bicyclic) bond motifs is 1. The maximum absolute atomic E-state index is 12.3. The quantitative estimate of drug-likeness (QED) is 0.862. The number of halogens is 3. The molecule has 19 heavy (non-hydrogen) atoms. The molecule has 0 unspecified atom stereocenters. The van der Waals surface area contributed by atoms with Gasteiger partial charge in [-0.3, -0.25) is 4.79 Å². The summed E-state index contributed by atoms with van der Waals surface area (Å²) in [5, 5.41) is 5.91. The van der Waals surface area contributed by atoms with Crippen LogP contribution in [0, 0.1) is 0 Å². The van der Waals surface area contributed by atoms with Gasteiger partial charge in [0.1, 0.15) is 0 Å². The smallest absolute Gasteiger partial charge is 0.329 e. The lowest BCUT2D eigenvalue weighted by Crippen LogP contribution is -2.04. The Kier molecular flexibility index (Phi) is 2.34. The molecule has 1 aliphatic heterocycles. The van der Waals surface area contributed by atoms with Crippen molar-refractivity contribution in [3.63, 3.8) is 0 Å². The van der Waals surface area contributed by atoms with E-state index in [0.717, 1.165) is 0 Å². The molecule has 0 fully saturated rings. The topological polar surface area (TPSA) is 68.0 Å². The van der Waals surface area contributed by atoms with Gasteiger partial charge in [0.05, 0.1) is 6.42 Å². The Bertz CT molecular complexity index is 663. The second-order valence-corrected chi connectivity index (χ2v) is 4.02. The molecule has 1 aliphatic rings. The predicted molar refractivity (Wildman–Crippen MR) is 57.1 cm³/mol. The first-order valence-electron chi connectivity index (χ1n) is 5.27. The van der Waals surface area contributed by atoms with Crippen LogP contribution in [0.5, 0.6) is 0 Å². The van der Waals surface area contributed by atoms with Crippen molar-refractivity contribution >= 4 is 11.6 Å². The van der Waals surface area contributed by atoms with Crippen molar-refractivity contribution < 1.29 is 22.5 Å². The Morgan fingerprint density at radius 2 is 2.11 bits per heavy atom. The van der Waals surface area contributed by atoms with E-state index in [4.69, 9.17) is 0 Å². The second-order valence-electron chi connectivity index (χ2n) is 4.02. The average molecular weight is 269 g/mol. The van der Waals surface area contributed by atoms with Crippen LogP contribution in [0.25, 0.3) is 11.4 Å². The van der Waals surface area contributed by atoms with Crippen LogP contribution in [0.1, 0.15) is 11.5 Å². The van der Waals surface area contributed by atoms with Crippen LogP contribution in [-0.4, -0.2) is 16.0 Å². The van der Waals surface area contributed by atoms with Crippen molar-refractivity contribution in [2.75, 3.05) is 5.32 Å². The summed E-state index contributed by atoms with van der Waals surface area (Å²) in [7, 11) is 0. The molecule has 0 atom stereocenters. The Morgan fingerprint density at radius 1 is 1.32 bits per heavy atom. The normalized spacial score (nSPS) is 14.4. The van der Waals surface area contributed by atoms with Crippen LogP contribution >= 0.6 is 0 Å². The van der Waals surface area contributed by atoms with Gasteiger partial charge in [0.15, 0.2) is 0 Å². The molecular weight excluding hydrogens is 263 g/mol. The minimum Gasteiger partial charge on any atom is -0.329 e. The Morgan fingerprint density at radius 3 is 2.79 bits per heavy atom. The first-order chi connectivity index (χ1) is 8.93. The van der Waals surface area contributed by atoms with Gasteiger partial charge in [0.2, 0.25) is 11.7 Å². The third kappa shape index (κ3) is 2.05. The summed E-state index contributed by atoms with van der Waals surface area (Å²) in [6, 6.07) is 4.69. The standard InChI is InChI=1S/C11H6F3N3O2/c12-11(13,14)10-16-9(17-19-10)5-1-2-7-6(3-5)4-8(18)15-7/h1-3H,4H2,(H,15,18). The van der Waals surface area contributed by atoms with Gasteiger partial charge < -0.3 is 9.84 Å². The van der Waals surface area contributed by atoms with Crippen LogP contribution in [-0.2, 0) is 17.4 Å².